The van der Waals surface area contributed by atoms with Crippen LogP contribution in [-0.4, -0.2) is 0 Å². The third-order valence-corrected chi connectivity index (χ3v) is 3.28. The Labute approximate surface area is 125 Å². The van der Waals surface area contributed by atoms with Crippen molar-refractivity contribution >= 4 is 18.1 Å². The molecule has 3 aromatic rings. The molecule has 0 heterocycles. The van der Waals surface area contributed by atoms with E-state index in [1.165, 1.54) is 0 Å². The Morgan fingerprint density at radius 3 is 1.30 bits per heavy atom. The van der Waals surface area contributed by atoms with E-state index in [2.05, 4.69) is 42.5 Å². The first-order valence-electron chi connectivity index (χ1n) is 6.35. The minimum atomic E-state index is 0. The number of halogens is 1. The molecule has 2 N–H and O–H groups in total. The third kappa shape index (κ3) is 2.68. The fraction of sp³-hybridized carbons (Fsp3) is 0. The van der Waals surface area contributed by atoms with Crippen molar-refractivity contribution in [2.45, 2.75) is 0 Å². The lowest BCUT2D eigenvalue weighted by atomic mass is 9.96. The van der Waals surface area contributed by atoms with Crippen LogP contribution in [0.15, 0.2) is 78.9 Å². The summed E-state index contributed by atoms with van der Waals surface area (Å²) in [6.07, 6.45) is 0. The number of anilines is 1. The Bertz CT molecular complexity index is 621. The summed E-state index contributed by atoms with van der Waals surface area (Å²) < 4.78 is 0. The maximum atomic E-state index is 6.35. The van der Waals surface area contributed by atoms with Gasteiger partial charge in [-0.3, -0.25) is 0 Å². The van der Waals surface area contributed by atoms with E-state index >= 15 is 0 Å². The highest BCUT2D eigenvalue weighted by molar-refractivity contribution is 5.88. The minimum Gasteiger partial charge on any atom is -0.398 e. The molecule has 0 unspecified atom stereocenters. The first-order chi connectivity index (χ1) is 9.36. The molecule has 0 aliphatic rings. The minimum absolute atomic E-state index is 0. The summed E-state index contributed by atoms with van der Waals surface area (Å²) in [5.74, 6) is 0. The highest BCUT2D eigenvalue weighted by atomic mass is 35.5. The van der Waals surface area contributed by atoms with Crippen LogP contribution < -0.4 is 5.73 Å². The van der Waals surface area contributed by atoms with E-state index in [4.69, 9.17) is 5.73 Å². The van der Waals surface area contributed by atoms with Crippen molar-refractivity contribution in [1.82, 2.24) is 0 Å². The van der Waals surface area contributed by atoms with Crippen LogP contribution in [-0.2, 0) is 0 Å². The first kappa shape index (κ1) is 14.2. The van der Waals surface area contributed by atoms with Crippen molar-refractivity contribution in [2.24, 2.45) is 0 Å². The molecule has 0 spiro atoms. The van der Waals surface area contributed by atoms with Gasteiger partial charge in [0.15, 0.2) is 0 Å². The van der Waals surface area contributed by atoms with Gasteiger partial charge < -0.3 is 5.73 Å². The quantitative estimate of drug-likeness (QED) is 0.656. The van der Waals surface area contributed by atoms with Crippen molar-refractivity contribution in [3.63, 3.8) is 0 Å². The van der Waals surface area contributed by atoms with Crippen molar-refractivity contribution in [2.75, 3.05) is 5.73 Å². The molecule has 0 aliphatic carbocycles. The van der Waals surface area contributed by atoms with Crippen LogP contribution in [0.3, 0.4) is 0 Å². The van der Waals surface area contributed by atoms with Crippen LogP contribution in [0, 0.1) is 0 Å². The summed E-state index contributed by atoms with van der Waals surface area (Å²) >= 11 is 0. The number of nitrogens with two attached hydrogens (primary N) is 1. The van der Waals surface area contributed by atoms with E-state index in [0.29, 0.717) is 0 Å². The number of hydrogen-bond acceptors (Lipinski definition) is 1. The third-order valence-electron chi connectivity index (χ3n) is 3.28. The first-order valence-corrected chi connectivity index (χ1v) is 6.35. The van der Waals surface area contributed by atoms with Crippen molar-refractivity contribution in [3.8, 4) is 22.3 Å². The SMILES string of the molecule is Cl.Nc1c(-c2ccccc2)cccc1-c1ccccc1. The molecule has 0 amide bonds. The Morgan fingerprint density at radius 2 is 0.900 bits per heavy atom. The molecule has 0 fully saturated rings. The van der Waals surface area contributed by atoms with Gasteiger partial charge in [-0.25, -0.2) is 0 Å². The number of nitrogen functional groups attached to an aromatic ring is 1. The summed E-state index contributed by atoms with van der Waals surface area (Å²) in [5, 5.41) is 0. The average Bonchev–Trinajstić information content (AvgIpc) is 2.49. The maximum Gasteiger partial charge on any atom is 0.0473 e. The van der Waals surface area contributed by atoms with Crippen molar-refractivity contribution < 1.29 is 0 Å². The van der Waals surface area contributed by atoms with Crippen LogP contribution in [0.25, 0.3) is 22.3 Å². The summed E-state index contributed by atoms with van der Waals surface area (Å²) in [6, 6.07) is 26.7. The molecule has 1 nitrogen and oxygen atoms in total. The van der Waals surface area contributed by atoms with Crippen LogP contribution >= 0.6 is 12.4 Å². The van der Waals surface area contributed by atoms with Gasteiger partial charge in [0.05, 0.1) is 0 Å². The number of benzene rings is 3. The van der Waals surface area contributed by atoms with Gasteiger partial charge in [-0.15, -0.1) is 12.4 Å². The van der Waals surface area contributed by atoms with E-state index in [0.717, 1.165) is 27.9 Å². The van der Waals surface area contributed by atoms with E-state index < -0.39 is 0 Å². The summed E-state index contributed by atoms with van der Waals surface area (Å²) in [4.78, 5) is 0. The zero-order valence-electron chi connectivity index (χ0n) is 11.0. The zero-order valence-corrected chi connectivity index (χ0v) is 11.8. The Morgan fingerprint density at radius 1 is 0.500 bits per heavy atom. The predicted octanol–water partition coefficient (Wildman–Crippen LogP) is 5.02. The molecule has 2 heteroatoms. The molecule has 0 saturated carbocycles. The molecule has 3 aromatic carbocycles. The molecule has 100 valence electrons. The molecule has 3 rings (SSSR count). The number of hydrogen-bond donors (Lipinski definition) is 1. The van der Waals surface area contributed by atoms with Gasteiger partial charge in [0.2, 0.25) is 0 Å². The fourth-order valence-electron chi connectivity index (χ4n) is 2.30. The van der Waals surface area contributed by atoms with Gasteiger partial charge in [0, 0.05) is 16.8 Å². The smallest absolute Gasteiger partial charge is 0.0473 e. The molecular formula is C18H16ClN. The highest BCUT2D eigenvalue weighted by Crippen LogP contribution is 2.34. The Hall–Kier alpha value is -2.25. The molecule has 0 atom stereocenters. The molecular weight excluding hydrogens is 266 g/mol. The summed E-state index contributed by atoms with van der Waals surface area (Å²) in [5.41, 5.74) is 11.7. The van der Waals surface area contributed by atoms with E-state index in [9.17, 15) is 0 Å². The molecule has 0 aliphatic heterocycles. The Kier molecular flexibility index (Phi) is 4.44. The number of para-hydroxylation sites is 1. The maximum absolute atomic E-state index is 6.35. The molecule has 0 aromatic heterocycles. The van der Waals surface area contributed by atoms with Crippen molar-refractivity contribution in [3.05, 3.63) is 78.9 Å². The molecule has 20 heavy (non-hydrogen) atoms. The van der Waals surface area contributed by atoms with E-state index in [-0.39, 0.29) is 12.4 Å². The molecule has 0 radical (unpaired) electrons. The van der Waals surface area contributed by atoms with Crippen LogP contribution in [0.2, 0.25) is 0 Å². The molecule has 0 bridgehead atoms. The lowest BCUT2D eigenvalue weighted by Gasteiger charge is -2.11. The predicted molar refractivity (Wildman–Crippen MR) is 89.0 cm³/mol. The second-order valence-corrected chi connectivity index (χ2v) is 4.50. The zero-order chi connectivity index (χ0) is 13.1. The van der Waals surface area contributed by atoms with Gasteiger partial charge in [0.25, 0.3) is 0 Å². The lowest BCUT2D eigenvalue weighted by Crippen LogP contribution is -1.93. The van der Waals surface area contributed by atoms with Crippen LogP contribution in [0.5, 0.6) is 0 Å². The van der Waals surface area contributed by atoms with E-state index in [1.54, 1.807) is 0 Å². The standard InChI is InChI=1S/C18H15N.ClH/c19-18-16(14-8-3-1-4-9-14)12-7-13-17(18)15-10-5-2-6-11-15;/h1-13H,19H2;1H. The second-order valence-electron chi connectivity index (χ2n) is 4.50. The van der Waals surface area contributed by atoms with Gasteiger partial charge in [-0.05, 0) is 11.1 Å². The normalized spacial score (nSPS) is 9.80. The van der Waals surface area contributed by atoms with E-state index in [1.807, 2.05) is 36.4 Å². The van der Waals surface area contributed by atoms with Crippen LogP contribution in [0.1, 0.15) is 0 Å². The van der Waals surface area contributed by atoms with Gasteiger partial charge in [-0.1, -0.05) is 78.9 Å². The molecule has 0 saturated heterocycles. The second kappa shape index (κ2) is 6.27. The highest BCUT2D eigenvalue weighted by Gasteiger charge is 2.07. The van der Waals surface area contributed by atoms with Gasteiger partial charge in [-0.2, -0.15) is 0 Å². The van der Waals surface area contributed by atoms with Gasteiger partial charge in [0.1, 0.15) is 0 Å². The average molecular weight is 282 g/mol. The largest absolute Gasteiger partial charge is 0.398 e. The summed E-state index contributed by atoms with van der Waals surface area (Å²) in [7, 11) is 0. The lowest BCUT2D eigenvalue weighted by molar-refractivity contribution is 1.58. The number of rotatable bonds is 2. The van der Waals surface area contributed by atoms with Crippen LogP contribution in [0.4, 0.5) is 5.69 Å². The monoisotopic (exact) mass is 281 g/mol. The fourth-order valence-corrected chi connectivity index (χ4v) is 2.30. The summed E-state index contributed by atoms with van der Waals surface area (Å²) in [6.45, 7) is 0. The van der Waals surface area contributed by atoms with Gasteiger partial charge >= 0.3 is 0 Å². The van der Waals surface area contributed by atoms with Crippen molar-refractivity contribution in [1.29, 1.82) is 0 Å². The Balaban J connectivity index is 0.00000147. The topological polar surface area (TPSA) is 26.0 Å².